The molecule has 1 aliphatic rings. The molecule has 0 bridgehead atoms. The van der Waals surface area contributed by atoms with Crippen molar-refractivity contribution in [2.24, 2.45) is 17.1 Å². The van der Waals surface area contributed by atoms with E-state index in [2.05, 4.69) is 45.0 Å². The summed E-state index contributed by atoms with van der Waals surface area (Å²) >= 11 is 0. The Morgan fingerprint density at radius 3 is 2.10 bits per heavy atom. The van der Waals surface area contributed by atoms with E-state index >= 15 is 0 Å². The molecule has 0 aromatic heterocycles. The molecular weight excluding hydrogens is 246 g/mol. The summed E-state index contributed by atoms with van der Waals surface area (Å²) in [5.41, 5.74) is 8.75. The minimum atomic E-state index is -0.249. The zero-order valence-electron chi connectivity index (χ0n) is 13.1. The van der Waals surface area contributed by atoms with Crippen molar-refractivity contribution in [3.63, 3.8) is 0 Å². The number of nitrogens with two attached hydrogens (primary N) is 1. The predicted molar refractivity (Wildman–Crippen MR) is 84.6 cm³/mol. The highest BCUT2D eigenvalue weighted by atomic mass is 16.3. The number of aliphatic hydroxyl groups excluding tert-OH is 1. The SMILES string of the molecule is CC(C)(C)C1CCC(c2ccc(C(N)CO)cc2)CC1. The first-order chi connectivity index (χ1) is 9.41. The standard InChI is InChI=1S/C18H29NO/c1-18(2,3)16-10-8-14(9-11-16)13-4-6-15(7-5-13)17(19)12-20/h4-7,14,16-17,20H,8-12,19H2,1-3H3. The molecule has 0 amide bonds. The van der Waals surface area contributed by atoms with Gasteiger partial charge in [0.15, 0.2) is 0 Å². The Morgan fingerprint density at radius 1 is 1.10 bits per heavy atom. The van der Waals surface area contributed by atoms with Crippen LogP contribution >= 0.6 is 0 Å². The van der Waals surface area contributed by atoms with Crippen LogP contribution in [0.5, 0.6) is 0 Å². The molecule has 0 heterocycles. The third-order valence-electron chi connectivity index (χ3n) is 4.98. The Morgan fingerprint density at radius 2 is 1.65 bits per heavy atom. The minimum absolute atomic E-state index is 0.00996. The average molecular weight is 275 g/mol. The number of benzene rings is 1. The molecule has 2 heteroatoms. The molecule has 1 atom stereocenters. The van der Waals surface area contributed by atoms with Crippen LogP contribution in [0, 0.1) is 11.3 Å². The first-order valence-electron chi connectivity index (χ1n) is 7.88. The summed E-state index contributed by atoms with van der Waals surface area (Å²) in [5.74, 6) is 1.56. The van der Waals surface area contributed by atoms with E-state index in [9.17, 15) is 0 Å². The lowest BCUT2D eigenvalue weighted by Crippen LogP contribution is -2.25. The molecule has 0 aliphatic heterocycles. The molecule has 112 valence electrons. The van der Waals surface area contributed by atoms with Gasteiger partial charge in [-0.15, -0.1) is 0 Å². The van der Waals surface area contributed by atoms with Crippen molar-refractivity contribution < 1.29 is 5.11 Å². The third kappa shape index (κ3) is 3.62. The first kappa shape index (κ1) is 15.5. The van der Waals surface area contributed by atoms with Gasteiger partial charge in [-0.3, -0.25) is 0 Å². The normalized spacial score (nSPS) is 25.4. The van der Waals surface area contributed by atoms with E-state index < -0.39 is 0 Å². The van der Waals surface area contributed by atoms with Crippen LogP contribution in [0.4, 0.5) is 0 Å². The van der Waals surface area contributed by atoms with E-state index in [1.54, 1.807) is 0 Å². The highest BCUT2D eigenvalue weighted by molar-refractivity contribution is 5.27. The Hall–Kier alpha value is -0.860. The second-order valence-electron chi connectivity index (χ2n) is 7.37. The average Bonchev–Trinajstić information content (AvgIpc) is 2.46. The van der Waals surface area contributed by atoms with Crippen LogP contribution in [-0.4, -0.2) is 11.7 Å². The molecule has 3 N–H and O–H groups in total. The van der Waals surface area contributed by atoms with Gasteiger partial charge in [-0.2, -0.15) is 0 Å². The van der Waals surface area contributed by atoms with Crippen molar-refractivity contribution in [1.82, 2.24) is 0 Å². The Kier molecular flexibility index (Phi) is 4.87. The van der Waals surface area contributed by atoms with Crippen LogP contribution in [0.2, 0.25) is 0 Å². The van der Waals surface area contributed by atoms with Crippen molar-refractivity contribution >= 4 is 0 Å². The van der Waals surface area contributed by atoms with E-state index in [-0.39, 0.29) is 12.6 Å². The van der Waals surface area contributed by atoms with Crippen molar-refractivity contribution in [3.05, 3.63) is 35.4 Å². The topological polar surface area (TPSA) is 46.2 Å². The maximum absolute atomic E-state index is 9.09. The van der Waals surface area contributed by atoms with Gasteiger partial charge in [0.25, 0.3) is 0 Å². The fourth-order valence-corrected chi connectivity index (χ4v) is 3.41. The fourth-order valence-electron chi connectivity index (χ4n) is 3.41. The Bertz CT molecular complexity index is 410. The number of aliphatic hydroxyl groups is 1. The number of rotatable bonds is 3. The molecule has 2 rings (SSSR count). The number of hydrogen-bond acceptors (Lipinski definition) is 2. The van der Waals surface area contributed by atoms with E-state index in [4.69, 9.17) is 10.8 Å². The molecule has 1 saturated carbocycles. The van der Waals surface area contributed by atoms with Crippen molar-refractivity contribution in [2.45, 2.75) is 58.4 Å². The lowest BCUT2D eigenvalue weighted by molar-refractivity contribution is 0.169. The van der Waals surface area contributed by atoms with Crippen molar-refractivity contribution in [1.29, 1.82) is 0 Å². The molecule has 1 aliphatic carbocycles. The minimum Gasteiger partial charge on any atom is -0.394 e. The van der Waals surface area contributed by atoms with Crippen LogP contribution in [-0.2, 0) is 0 Å². The second-order valence-corrected chi connectivity index (χ2v) is 7.37. The summed E-state index contributed by atoms with van der Waals surface area (Å²) in [6.45, 7) is 7.10. The molecule has 0 spiro atoms. The fraction of sp³-hybridized carbons (Fsp3) is 0.667. The quantitative estimate of drug-likeness (QED) is 0.876. The highest BCUT2D eigenvalue weighted by Crippen LogP contribution is 2.43. The maximum Gasteiger partial charge on any atom is 0.0624 e. The predicted octanol–water partition coefficient (Wildman–Crippen LogP) is 4.00. The van der Waals surface area contributed by atoms with Gasteiger partial charge in [-0.1, -0.05) is 45.0 Å². The van der Waals surface area contributed by atoms with Gasteiger partial charge < -0.3 is 10.8 Å². The molecule has 0 radical (unpaired) electrons. The summed E-state index contributed by atoms with van der Waals surface area (Å²) in [5, 5.41) is 9.09. The number of hydrogen-bond donors (Lipinski definition) is 2. The zero-order valence-corrected chi connectivity index (χ0v) is 13.1. The lowest BCUT2D eigenvalue weighted by atomic mass is 9.68. The molecule has 1 fully saturated rings. The van der Waals surface area contributed by atoms with E-state index in [0.29, 0.717) is 11.3 Å². The molecule has 2 nitrogen and oxygen atoms in total. The van der Waals surface area contributed by atoms with E-state index in [0.717, 1.165) is 11.5 Å². The summed E-state index contributed by atoms with van der Waals surface area (Å²) in [7, 11) is 0. The van der Waals surface area contributed by atoms with Gasteiger partial charge in [0, 0.05) is 0 Å². The smallest absolute Gasteiger partial charge is 0.0624 e. The summed E-state index contributed by atoms with van der Waals surface area (Å²) in [6.07, 6.45) is 5.28. The van der Waals surface area contributed by atoms with E-state index in [1.165, 1.54) is 31.2 Å². The largest absolute Gasteiger partial charge is 0.394 e. The van der Waals surface area contributed by atoms with Gasteiger partial charge in [0.1, 0.15) is 0 Å². The monoisotopic (exact) mass is 275 g/mol. The molecule has 1 unspecified atom stereocenters. The highest BCUT2D eigenvalue weighted by Gasteiger charge is 2.30. The zero-order chi connectivity index (χ0) is 14.8. The van der Waals surface area contributed by atoms with Gasteiger partial charge in [0.05, 0.1) is 12.6 Å². The molecule has 1 aromatic rings. The van der Waals surface area contributed by atoms with Crippen molar-refractivity contribution in [2.75, 3.05) is 6.61 Å². The lowest BCUT2D eigenvalue weighted by Gasteiger charge is -2.37. The van der Waals surface area contributed by atoms with Crippen LogP contribution in [0.1, 0.15) is 69.5 Å². The van der Waals surface area contributed by atoms with Gasteiger partial charge >= 0.3 is 0 Å². The molecule has 0 saturated heterocycles. The Labute approximate surface area is 123 Å². The van der Waals surface area contributed by atoms with Crippen LogP contribution in [0.3, 0.4) is 0 Å². The summed E-state index contributed by atoms with van der Waals surface area (Å²) in [6, 6.07) is 8.30. The molecular formula is C18H29NO. The Balaban J connectivity index is 1.97. The molecule has 20 heavy (non-hydrogen) atoms. The second kappa shape index (κ2) is 6.28. The third-order valence-corrected chi connectivity index (χ3v) is 4.98. The van der Waals surface area contributed by atoms with Crippen molar-refractivity contribution in [3.8, 4) is 0 Å². The van der Waals surface area contributed by atoms with Gasteiger partial charge in [0.2, 0.25) is 0 Å². The van der Waals surface area contributed by atoms with Gasteiger partial charge in [-0.25, -0.2) is 0 Å². The van der Waals surface area contributed by atoms with Crippen LogP contribution in [0.15, 0.2) is 24.3 Å². The molecule has 1 aromatic carbocycles. The maximum atomic E-state index is 9.09. The van der Waals surface area contributed by atoms with Gasteiger partial charge in [-0.05, 0) is 54.1 Å². The van der Waals surface area contributed by atoms with Crippen LogP contribution in [0.25, 0.3) is 0 Å². The summed E-state index contributed by atoms with van der Waals surface area (Å²) in [4.78, 5) is 0. The first-order valence-corrected chi connectivity index (χ1v) is 7.88. The van der Waals surface area contributed by atoms with E-state index in [1.807, 2.05) is 0 Å². The van der Waals surface area contributed by atoms with Crippen LogP contribution < -0.4 is 5.73 Å². The summed E-state index contributed by atoms with van der Waals surface area (Å²) < 4.78 is 0.